The van der Waals surface area contributed by atoms with Crippen molar-refractivity contribution < 1.29 is 39.4 Å². The van der Waals surface area contributed by atoms with E-state index in [1.165, 1.54) is 0 Å². The van der Waals surface area contributed by atoms with E-state index in [-0.39, 0.29) is 26.4 Å². The van der Waals surface area contributed by atoms with Crippen LogP contribution in [0.15, 0.2) is 0 Å². The third-order valence-corrected chi connectivity index (χ3v) is 1.40. The molecule has 0 aromatic rings. The van der Waals surface area contributed by atoms with Crippen molar-refractivity contribution in [3.63, 3.8) is 0 Å². The van der Waals surface area contributed by atoms with Crippen molar-refractivity contribution in [2.24, 2.45) is 11.3 Å². The van der Waals surface area contributed by atoms with Gasteiger partial charge in [0.1, 0.15) is 0 Å². The van der Waals surface area contributed by atoms with Crippen LogP contribution in [0.4, 0.5) is 0 Å². The fourth-order valence-electron chi connectivity index (χ4n) is 0.464. The van der Waals surface area contributed by atoms with Crippen LogP contribution < -0.4 is 5.90 Å². The fourth-order valence-corrected chi connectivity index (χ4v) is 0.464. The van der Waals surface area contributed by atoms with Crippen molar-refractivity contribution in [1.82, 2.24) is 0 Å². The molecule has 94 valence electrons. The van der Waals surface area contributed by atoms with Crippen molar-refractivity contribution in [2.45, 2.75) is 0 Å². The first-order valence-electron chi connectivity index (χ1n) is 3.67. The summed E-state index contributed by atoms with van der Waals surface area (Å²) in [6, 6.07) is 0. The predicted octanol–water partition coefficient (Wildman–Crippen LogP) is -3.09. The minimum absolute atomic E-state index is 0.0590. The van der Waals surface area contributed by atoms with Crippen molar-refractivity contribution >= 4 is 7.82 Å². The molecule has 8 N–H and O–H groups in total. The minimum atomic E-state index is -4.64. The van der Waals surface area contributed by atoms with Gasteiger partial charge >= 0.3 is 7.82 Å². The number of hydrogen-bond donors (Lipinski definition) is 7. The average molecular weight is 249 g/mol. The molecule has 0 saturated carbocycles. The molecular weight excluding hydrogens is 233 g/mol. The maximum Gasteiger partial charge on any atom is 0.466 e. The third-order valence-electron chi connectivity index (χ3n) is 1.40. The third kappa shape index (κ3) is 11.8. The van der Waals surface area contributed by atoms with Crippen LogP contribution in [-0.2, 0) is 9.40 Å². The summed E-state index contributed by atoms with van der Waals surface area (Å²) in [6.45, 7) is -1.11. The quantitative estimate of drug-likeness (QED) is 0.197. The smallest absolute Gasteiger partial charge is 0.396 e. The second-order valence-corrected chi connectivity index (χ2v) is 3.83. The highest BCUT2D eigenvalue weighted by molar-refractivity contribution is 7.45. The van der Waals surface area contributed by atoms with E-state index in [2.05, 4.69) is 4.84 Å². The van der Waals surface area contributed by atoms with Crippen LogP contribution in [0, 0.1) is 5.41 Å². The van der Waals surface area contributed by atoms with E-state index in [0.717, 1.165) is 0 Å². The van der Waals surface area contributed by atoms with Gasteiger partial charge in [-0.05, 0) is 0 Å². The number of hydrogen-bond acceptors (Lipinski definition) is 6. The van der Waals surface area contributed by atoms with Crippen LogP contribution in [-0.4, -0.2) is 56.4 Å². The number of aliphatic hydroxyl groups is 3. The van der Waals surface area contributed by atoms with Gasteiger partial charge in [0, 0.05) is 0 Å². The fraction of sp³-hybridized carbons (Fsp3) is 1.00. The molecule has 0 rings (SSSR count). The summed E-state index contributed by atoms with van der Waals surface area (Å²) < 4.78 is 8.88. The maximum atomic E-state index is 8.88. The first kappa shape index (κ1) is 17.3. The van der Waals surface area contributed by atoms with Crippen molar-refractivity contribution in [2.75, 3.05) is 26.4 Å². The van der Waals surface area contributed by atoms with Crippen molar-refractivity contribution in [3.05, 3.63) is 0 Å². The number of nitrogens with two attached hydrogens (primary N) is 1. The topological polar surface area (TPSA) is 174 Å². The highest BCUT2D eigenvalue weighted by Gasteiger charge is 2.28. The summed E-state index contributed by atoms with van der Waals surface area (Å²) in [5, 5.41) is 26.0. The van der Waals surface area contributed by atoms with E-state index in [1.54, 1.807) is 0 Å². The first-order valence-corrected chi connectivity index (χ1v) is 5.23. The van der Waals surface area contributed by atoms with E-state index in [9.17, 15) is 0 Å². The molecule has 0 amide bonds. The van der Waals surface area contributed by atoms with E-state index >= 15 is 0 Å². The summed E-state index contributed by atoms with van der Waals surface area (Å²) >= 11 is 0. The van der Waals surface area contributed by atoms with E-state index in [0.29, 0.717) is 0 Å². The molecule has 0 aliphatic carbocycles. The van der Waals surface area contributed by atoms with Crippen LogP contribution in [0.5, 0.6) is 0 Å². The van der Waals surface area contributed by atoms with Gasteiger partial charge < -0.3 is 34.8 Å². The summed E-state index contributed by atoms with van der Waals surface area (Å²) in [5.41, 5.74) is -1.01. The largest absolute Gasteiger partial charge is 0.466 e. The molecule has 0 fully saturated rings. The highest BCUT2D eigenvalue weighted by Crippen LogP contribution is 2.25. The highest BCUT2D eigenvalue weighted by atomic mass is 31.2. The molecule has 0 unspecified atom stereocenters. The monoisotopic (exact) mass is 249 g/mol. The van der Waals surface area contributed by atoms with Gasteiger partial charge in [0.25, 0.3) is 0 Å². The van der Waals surface area contributed by atoms with Crippen LogP contribution in [0.2, 0.25) is 0 Å². The van der Waals surface area contributed by atoms with Gasteiger partial charge in [0.05, 0.1) is 31.8 Å². The molecule has 0 aromatic carbocycles. The second kappa shape index (κ2) is 8.11. The van der Waals surface area contributed by atoms with Crippen LogP contribution >= 0.6 is 7.82 Å². The van der Waals surface area contributed by atoms with Gasteiger partial charge in [-0.3, -0.25) is 0 Å². The summed E-state index contributed by atoms with van der Waals surface area (Å²) in [7, 11) is -4.64. The maximum absolute atomic E-state index is 8.88. The Kier molecular flexibility index (Phi) is 9.36. The van der Waals surface area contributed by atoms with Gasteiger partial charge in [-0.2, -0.15) is 0 Å². The molecule has 9 nitrogen and oxygen atoms in total. The molecule has 10 heteroatoms. The standard InChI is InChI=1S/C5H13NO4.H3O4P/c6-10-4-5(1-7,2-8)3-9;1-5(2,3)4/h7-9H,1-4,6H2;(H3,1,2,3,4). The van der Waals surface area contributed by atoms with Gasteiger partial charge in [0.2, 0.25) is 0 Å². The first-order chi connectivity index (χ1) is 6.74. The van der Waals surface area contributed by atoms with E-state index in [4.69, 9.17) is 40.5 Å². The Balaban J connectivity index is 0. The molecule has 0 bridgehead atoms. The molecule has 0 heterocycles. The molecule has 0 aliphatic heterocycles. The molecular formula is C5H16NO8P. The van der Waals surface area contributed by atoms with Crippen molar-refractivity contribution in [3.8, 4) is 0 Å². The normalized spacial score (nSPS) is 11.9. The lowest BCUT2D eigenvalue weighted by Crippen LogP contribution is -2.39. The second-order valence-electron chi connectivity index (χ2n) is 2.80. The number of rotatable bonds is 5. The SMILES string of the molecule is NOCC(CO)(CO)CO.O=P(O)(O)O. The Morgan fingerprint density at radius 3 is 1.40 bits per heavy atom. The Hall–Kier alpha value is -0.0900. The van der Waals surface area contributed by atoms with Crippen molar-refractivity contribution in [1.29, 1.82) is 0 Å². The molecule has 0 aromatic heterocycles. The van der Waals surface area contributed by atoms with Crippen LogP contribution in [0.25, 0.3) is 0 Å². The average Bonchev–Trinajstić information content (AvgIpc) is 2.12. The van der Waals surface area contributed by atoms with Gasteiger partial charge in [-0.1, -0.05) is 0 Å². The summed E-state index contributed by atoms with van der Waals surface area (Å²) in [6.07, 6.45) is 0. The Labute approximate surface area is 85.9 Å². The van der Waals surface area contributed by atoms with E-state index in [1.807, 2.05) is 0 Å². The number of aliphatic hydroxyl groups excluding tert-OH is 3. The Morgan fingerprint density at radius 2 is 1.33 bits per heavy atom. The zero-order valence-electron chi connectivity index (χ0n) is 7.85. The van der Waals surface area contributed by atoms with Gasteiger partial charge in [0.15, 0.2) is 0 Å². The lowest BCUT2D eigenvalue weighted by atomic mass is 9.93. The molecule has 15 heavy (non-hydrogen) atoms. The summed E-state index contributed by atoms with van der Waals surface area (Å²) in [4.78, 5) is 25.8. The zero-order valence-corrected chi connectivity index (χ0v) is 8.75. The van der Waals surface area contributed by atoms with E-state index < -0.39 is 13.2 Å². The lowest BCUT2D eigenvalue weighted by Gasteiger charge is -2.25. The molecule has 0 radical (unpaired) electrons. The Bertz CT molecular complexity index is 173. The lowest BCUT2D eigenvalue weighted by molar-refractivity contribution is -0.0586. The Morgan fingerprint density at radius 1 is 1.07 bits per heavy atom. The minimum Gasteiger partial charge on any atom is -0.396 e. The van der Waals surface area contributed by atoms with Crippen LogP contribution in [0.3, 0.4) is 0 Å². The molecule has 0 atom stereocenters. The molecule has 0 aliphatic rings. The van der Waals surface area contributed by atoms with Gasteiger partial charge in [-0.25, -0.2) is 10.5 Å². The van der Waals surface area contributed by atoms with Crippen LogP contribution in [0.1, 0.15) is 0 Å². The number of phosphoric acid groups is 1. The zero-order chi connectivity index (χ0) is 12.5. The summed E-state index contributed by atoms with van der Waals surface area (Å²) in [5.74, 6) is 4.71. The molecule has 0 saturated heterocycles. The molecule has 0 spiro atoms. The predicted molar refractivity (Wildman–Crippen MR) is 48.1 cm³/mol. The van der Waals surface area contributed by atoms with Gasteiger partial charge in [-0.15, -0.1) is 0 Å².